The number of cyclic esters (lactones) is 1. The van der Waals surface area contributed by atoms with Gasteiger partial charge in [-0.25, -0.2) is 18.8 Å². The molecule has 2 fully saturated rings. The monoisotopic (exact) mass is 982 g/mol. The normalized spacial score (nSPS) is 29.3. The minimum absolute atomic E-state index is 0.125. The van der Waals surface area contributed by atoms with Crippen molar-refractivity contribution in [2.75, 3.05) is 53.2 Å². The van der Waals surface area contributed by atoms with Crippen LogP contribution in [-0.4, -0.2) is 161 Å². The van der Waals surface area contributed by atoms with E-state index in [1.54, 1.807) is 85.7 Å². The maximum absolute atomic E-state index is 17.3. The van der Waals surface area contributed by atoms with E-state index >= 15 is 4.39 Å². The molecule has 12 atom stereocenters. The Labute approximate surface area is 412 Å². The number of alkyl halides is 1. The Morgan fingerprint density at radius 2 is 1.73 bits per heavy atom. The van der Waals surface area contributed by atoms with Gasteiger partial charge in [-0.15, -0.1) is 5.10 Å². The number of hydrogen-bond donors (Lipinski definition) is 3. The number of carbonyl (C=O) groups is 4. The molecule has 0 saturated carbocycles. The number of aliphatic hydroxyl groups is 1. The Morgan fingerprint density at radius 1 is 1.03 bits per heavy atom. The molecule has 19 heteroatoms. The highest BCUT2D eigenvalue weighted by atomic mass is 19.1. The topological polar surface area (TPSA) is 219 Å². The lowest BCUT2D eigenvalue weighted by Gasteiger charge is -2.44. The van der Waals surface area contributed by atoms with Gasteiger partial charge in [0.25, 0.3) is 5.67 Å². The number of benzene rings is 2. The quantitative estimate of drug-likeness (QED) is 0.0320. The molecule has 0 bridgehead atoms. The zero-order valence-electron chi connectivity index (χ0n) is 42.8. The molecule has 0 spiro atoms. The molecule has 3 aromatic rings. The number of halogens is 1. The van der Waals surface area contributed by atoms with Crippen LogP contribution in [0.3, 0.4) is 0 Å². The number of rotatable bonds is 19. The van der Waals surface area contributed by atoms with Crippen LogP contribution in [0.5, 0.6) is 0 Å². The molecule has 2 unspecified atom stereocenters. The first kappa shape index (κ1) is 55.9. The Balaban J connectivity index is 1.41. The molecule has 4 N–H and O–H groups in total. The van der Waals surface area contributed by atoms with E-state index in [2.05, 4.69) is 15.6 Å². The summed E-state index contributed by atoms with van der Waals surface area (Å²) in [6.07, 6.45) is -1.99. The number of aliphatic hydroxyl groups excluding tert-OH is 1. The summed E-state index contributed by atoms with van der Waals surface area (Å²) in [5.74, 6) is -4.77. The number of carbonyl (C=O) groups excluding carboxylic acids is 4. The number of anilines is 1. The molecule has 2 aromatic carbocycles. The fourth-order valence-corrected chi connectivity index (χ4v) is 10.1. The molecule has 3 heterocycles. The fraction of sp³-hybridized carbons (Fsp3) is 0.647. The van der Waals surface area contributed by atoms with Gasteiger partial charge in [-0.2, -0.15) is 0 Å². The van der Waals surface area contributed by atoms with Gasteiger partial charge in [0.2, 0.25) is 0 Å². The van der Waals surface area contributed by atoms with Crippen LogP contribution >= 0.6 is 0 Å². The standard InChI is InChI=1S/C51H76FN7O11/c1-12-39(57(9)10)41(60)46(67-27-26-66-45(62)35-20-15-14-16-21-35)69-44-33(4)43(61)50(7,52)47(63)68-40(13-2)51(8)42(34(5)54-30-32(3)29-49(44,6)65-11)59(48(64)70-51)25-18-17-24-58-31-38(55-56-58)36-22-19-23-37(53)28-36/h14-16,19-23,28,31-34,39-42,44,46,54,60H,12-13,17-18,24-27,29-30,53H2,1-11H3/t32-,33+,34-,39?,40-,41?,42-,44-,46+,49-,50+,51-/m1/s1. The summed E-state index contributed by atoms with van der Waals surface area (Å²) in [5.41, 5.74) is 2.41. The zero-order chi connectivity index (χ0) is 51.6. The van der Waals surface area contributed by atoms with Gasteiger partial charge in [0.1, 0.15) is 24.5 Å². The van der Waals surface area contributed by atoms with Crippen molar-refractivity contribution < 1.29 is 57.1 Å². The molecule has 0 radical (unpaired) electrons. The summed E-state index contributed by atoms with van der Waals surface area (Å²) < 4.78 is 55.7. The Kier molecular flexibility index (Phi) is 19.5. The molecule has 5 rings (SSSR count). The van der Waals surface area contributed by atoms with Gasteiger partial charge in [-0.3, -0.25) is 14.4 Å². The zero-order valence-corrected chi connectivity index (χ0v) is 42.8. The van der Waals surface area contributed by atoms with Crippen LogP contribution < -0.4 is 11.1 Å². The van der Waals surface area contributed by atoms with Gasteiger partial charge in [0.15, 0.2) is 17.7 Å². The number of aromatic nitrogens is 3. The van der Waals surface area contributed by atoms with E-state index in [1.807, 2.05) is 45.2 Å². The second-order valence-corrected chi connectivity index (χ2v) is 19.6. The minimum atomic E-state index is -3.22. The Hall–Kier alpha value is -5.05. The number of ether oxygens (including phenoxy) is 6. The highest BCUT2D eigenvalue weighted by Gasteiger charge is 2.60. The summed E-state index contributed by atoms with van der Waals surface area (Å²) in [7, 11) is 5.04. The molecule has 1 aromatic heterocycles. The van der Waals surface area contributed by atoms with Crippen molar-refractivity contribution in [3.05, 3.63) is 66.4 Å². The van der Waals surface area contributed by atoms with Crippen molar-refractivity contribution in [3.8, 4) is 11.3 Å². The van der Waals surface area contributed by atoms with Gasteiger partial charge in [0.05, 0.1) is 36.1 Å². The molecular weight excluding hydrogens is 906 g/mol. The predicted octanol–water partition coefficient (Wildman–Crippen LogP) is 5.85. The van der Waals surface area contributed by atoms with E-state index < -0.39 is 89.3 Å². The Bertz CT molecular complexity index is 2200. The summed E-state index contributed by atoms with van der Waals surface area (Å²) in [4.78, 5) is 58.9. The number of fused-ring (bicyclic) bond motifs is 1. The lowest BCUT2D eigenvalue weighted by Crippen LogP contribution is -2.61. The van der Waals surface area contributed by atoms with Crippen molar-refractivity contribution in [1.82, 2.24) is 30.1 Å². The van der Waals surface area contributed by atoms with Crippen LogP contribution in [0, 0.1) is 11.8 Å². The molecular formula is C51H76FN7O11. The van der Waals surface area contributed by atoms with E-state index in [9.17, 15) is 24.3 Å². The highest BCUT2D eigenvalue weighted by molar-refractivity contribution is 6.07. The first-order valence-electron chi connectivity index (χ1n) is 24.4. The second-order valence-electron chi connectivity index (χ2n) is 19.6. The van der Waals surface area contributed by atoms with Crippen LogP contribution in [-0.2, 0) is 44.6 Å². The van der Waals surface area contributed by atoms with E-state index in [0.717, 1.165) is 12.5 Å². The van der Waals surface area contributed by atoms with E-state index in [4.69, 9.17) is 34.2 Å². The minimum Gasteiger partial charge on any atom is -0.460 e. The number of nitrogens with two attached hydrogens (primary N) is 1. The highest BCUT2D eigenvalue weighted by Crippen LogP contribution is 2.41. The number of hydrogen-bond acceptors (Lipinski definition) is 16. The van der Waals surface area contributed by atoms with E-state index in [1.165, 1.54) is 14.0 Å². The number of nitrogens with one attached hydrogen (secondary N) is 1. The van der Waals surface area contributed by atoms with E-state index in [0.29, 0.717) is 49.3 Å². The lowest BCUT2D eigenvalue weighted by molar-refractivity contribution is -0.268. The number of aryl methyl sites for hydroxylation is 1. The van der Waals surface area contributed by atoms with Gasteiger partial charge < -0.3 is 49.5 Å². The van der Waals surface area contributed by atoms with Crippen LogP contribution in [0.4, 0.5) is 14.9 Å². The number of Topliss-reactive ketones (excluding diaryl/α,β-unsaturated/α-hetero) is 1. The van der Waals surface area contributed by atoms with Gasteiger partial charge in [-0.05, 0) is 111 Å². The summed E-state index contributed by atoms with van der Waals surface area (Å²) >= 11 is 0. The van der Waals surface area contributed by atoms with Crippen LogP contribution in [0.25, 0.3) is 11.3 Å². The molecule has 70 heavy (non-hydrogen) atoms. The third kappa shape index (κ3) is 13.1. The number of methoxy groups -OCH3 is 1. The average molecular weight is 982 g/mol. The molecule has 388 valence electrons. The Morgan fingerprint density at radius 3 is 2.37 bits per heavy atom. The largest absolute Gasteiger partial charge is 0.460 e. The number of nitrogen functional groups attached to an aromatic ring is 1. The molecule has 0 aliphatic carbocycles. The maximum Gasteiger partial charge on any atom is 0.410 e. The van der Waals surface area contributed by atoms with Crippen LogP contribution in [0.1, 0.15) is 97.9 Å². The average Bonchev–Trinajstić information content (AvgIpc) is 3.91. The lowest BCUT2D eigenvalue weighted by atomic mass is 9.78. The summed E-state index contributed by atoms with van der Waals surface area (Å²) in [6, 6.07) is 14.2. The summed E-state index contributed by atoms with van der Waals surface area (Å²) in [6.45, 7) is 14.0. The van der Waals surface area contributed by atoms with Crippen molar-refractivity contribution >= 4 is 29.5 Å². The SMILES string of the molecule is CCC(C(O)[C@@H](OCCOC(=O)c1ccccc1)O[C@@H]1[C@@H](C)C(=O)[C@](C)(F)C(=O)O[C@H](CC)[C@@]2(C)OC(=O)N(CCCCn3cc(-c4cccc(N)c4)nn3)[C@@H]2[C@@H](C)NC[C@H](C)C[C@@]1(C)OC)N(C)C. The third-order valence-corrected chi connectivity index (χ3v) is 13.9. The summed E-state index contributed by atoms with van der Waals surface area (Å²) in [5, 5.41) is 24.1. The molecule has 2 aliphatic rings. The molecule has 2 saturated heterocycles. The number of amides is 1. The maximum atomic E-state index is 17.3. The van der Waals surface area contributed by atoms with Gasteiger partial charge in [-0.1, -0.05) is 63.2 Å². The van der Waals surface area contributed by atoms with Gasteiger partial charge in [0, 0.05) is 49.5 Å². The molecule has 2 aliphatic heterocycles. The van der Waals surface area contributed by atoms with Crippen molar-refractivity contribution in [3.63, 3.8) is 0 Å². The third-order valence-electron chi connectivity index (χ3n) is 13.9. The number of likely N-dealkylation sites (N-methyl/N-ethyl adjacent to an activating group) is 1. The number of ketones is 1. The predicted molar refractivity (Wildman–Crippen MR) is 260 cm³/mol. The first-order valence-corrected chi connectivity index (χ1v) is 24.4. The van der Waals surface area contributed by atoms with Crippen molar-refractivity contribution in [2.45, 2.75) is 154 Å². The number of unbranched alkanes of at least 4 members (excludes halogenated alkanes) is 1. The van der Waals surface area contributed by atoms with Crippen LogP contribution in [0.15, 0.2) is 60.8 Å². The smallest absolute Gasteiger partial charge is 0.410 e. The van der Waals surface area contributed by atoms with E-state index in [-0.39, 0.29) is 38.5 Å². The van der Waals surface area contributed by atoms with Crippen LogP contribution in [0.2, 0.25) is 0 Å². The molecule has 18 nitrogen and oxygen atoms in total. The van der Waals surface area contributed by atoms with Crippen molar-refractivity contribution in [1.29, 1.82) is 0 Å². The number of nitrogens with zero attached hydrogens (tertiary/aromatic N) is 5. The second kappa shape index (κ2) is 24.4. The van der Waals surface area contributed by atoms with Crippen molar-refractivity contribution in [2.24, 2.45) is 11.8 Å². The fourth-order valence-electron chi connectivity index (χ4n) is 10.1. The number of esters is 2. The van der Waals surface area contributed by atoms with Gasteiger partial charge >= 0.3 is 18.0 Å². The molecule has 1 amide bonds. The first-order chi connectivity index (χ1) is 33.1.